The number of piperidine rings is 1. The van der Waals surface area contributed by atoms with E-state index in [4.69, 9.17) is 0 Å². The lowest BCUT2D eigenvalue weighted by molar-refractivity contribution is -0.131. The molecule has 1 N–H and O–H groups in total. The van der Waals surface area contributed by atoms with Crippen LogP contribution >= 0.6 is 11.8 Å². The Kier molecular flexibility index (Phi) is 4.39. The fraction of sp³-hybridized carbons (Fsp3) is 0.438. The highest BCUT2D eigenvalue weighted by molar-refractivity contribution is 8.00. The summed E-state index contributed by atoms with van der Waals surface area (Å²) in [5, 5.41) is 20.3. The fourth-order valence-electron chi connectivity index (χ4n) is 2.99. The number of thioether (sulfide) groups is 1. The highest BCUT2D eigenvalue weighted by Gasteiger charge is 2.23. The molecule has 3 aromatic heterocycles. The molecule has 0 bridgehead atoms. The summed E-state index contributed by atoms with van der Waals surface area (Å²) in [7, 11) is 0. The first-order chi connectivity index (χ1) is 12.2. The summed E-state index contributed by atoms with van der Waals surface area (Å²) in [4.78, 5) is 14.6. The summed E-state index contributed by atoms with van der Waals surface area (Å²) in [5.74, 6) is 0.786. The van der Waals surface area contributed by atoms with E-state index in [0.29, 0.717) is 11.5 Å². The Morgan fingerprint density at radius 1 is 1.20 bits per heavy atom. The van der Waals surface area contributed by atoms with Crippen LogP contribution in [0, 0.1) is 0 Å². The Bertz CT molecular complexity index is 870. The molecule has 4 heterocycles. The molecular weight excluding hydrogens is 338 g/mol. The Balaban J connectivity index is 1.55. The summed E-state index contributed by atoms with van der Waals surface area (Å²) in [6.07, 6.45) is 5.07. The van der Waals surface area contributed by atoms with E-state index in [1.807, 2.05) is 30.0 Å². The summed E-state index contributed by atoms with van der Waals surface area (Å²) in [6.45, 7) is 3.67. The predicted octanol–water partition coefficient (Wildman–Crippen LogP) is 2.01. The number of amides is 1. The number of carbonyl (C=O) groups excluding carboxylic acids is 1. The zero-order valence-corrected chi connectivity index (χ0v) is 14.7. The van der Waals surface area contributed by atoms with Gasteiger partial charge in [-0.2, -0.15) is 14.7 Å². The third-order valence-corrected chi connectivity index (χ3v) is 5.31. The van der Waals surface area contributed by atoms with Crippen molar-refractivity contribution in [3.8, 4) is 11.5 Å². The predicted molar refractivity (Wildman–Crippen MR) is 94.1 cm³/mol. The minimum atomic E-state index is -0.171. The van der Waals surface area contributed by atoms with E-state index >= 15 is 0 Å². The van der Waals surface area contributed by atoms with Gasteiger partial charge in [-0.3, -0.25) is 9.89 Å². The van der Waals surface area contributed by atoms with Crippen molar-refractivity contribution >= 4 is 23.3 Å². The molecule has 4 rings (SSSR count). The lowest BCUT2D eigenvalue weighted by Crippen LogP contribution is -2.40. The van der Waals surface area contributed by atoms with Gasteiger partial charge in [0.1, 0.15) is 10.7 Å². The maximum Gasteiger partial charge on any atom is 0.235 e. The minimum absolute atomic E-state index is 0.171. The largest absolute Gasteiger partial charge is 0.342 e. The van der Waals surface area contributed by atoms with Gasteiger partial charge >= 0.3 is 0 Å². The summed E-state index contributed by atoms with van der Waals surface area (Å²) in [5.41, 5.74) is 1.41. The Labute approximate surface area is 149 Å². The number of hydrogen-bond acceptors (Lipinski definition) is 6. The Morgan fingerprint density at radius 3 is 2.80 bits per heavy atom. The first-order valence-electron chi connectivity index (χ1n) is 8.40. The number of carbonyl (C=O) groups is 1. The van der Waals surface area contributed by atoms with Crippen LogP contribution in [0.2, 0.25) is 0 Å². The van der Waals surface area contributed by atoms with E-state index < -0.39 is 0 Å². The lowest BCUT2D eigenvalue weighted by atomic mass is 10.1. The molecule has 1 atom stereocenters. The van der Waals surface area contributed by atoms with Crippen LogP contribution < -0.4 is 0 Å². The van der Waals surface area contributed by atoms with Gasteiger partial charge in [-0.15, -0.1) is 10.2 Å². The van der Waals surface area contributed by atoms with E-state index in [1.54, 1.807) is 10.7 Å². The van der Waals surface area contributed by atoms with Crippen LogP contribution in [0.4, 0.5) is 0 Å². The number of H-pyrrole nitrogens is 1. The highest BCUT2D eigenvalue weighted by Crippen LogP contribution is 2.25. The van der Waals surface area contributed by atoms with Crippen molar-refractivity contribution in [1.82, 2.24) is 34.9 Å². The molecule has 0 radical (unpaired) electrons. The van der Waals surface area contributed by atoms with Crippen molar-refractivity contribution in [3.63, 3.8) is 0 Å². The van der Waals surface area contributed by atoms with Crippen molar-refractivity contribution < 1.29 is 4.79 Å². The molecule has 1 saturated heterocycles. The summed E-state index contributed by atoms with van der Waals surface area (Å²) >= 11 is 1.46. The second-order valence-electron chi connectivity index (χ2n) is 6.08. The molecule has 130 valence electrons. The van der Waals surface area contributed by atoms with Gasteiger partial charge in [0.15, 0.2) is 5.65 Å². The molecule has 1 amide bonds. The van der Waals surface area contributed by atoms with Crippen LogP contribution in [0.1, 0.15) is 26.2 Å². The van der Waals surface area contributed by atoms with Gasteiger partial charge in [0.2, 0.25) is 11.7 Å². The number of aromatic amines is 1. The lowest BCUT2D eigenvalue weighted by Gasteiger charge is -2.28. The second-order valence-corrected chi connectivity index (χ2v) is 7.44. The van der Waals surface area contributed by atoms with E-state index in [-0.39, 0.29) is 11.2 Å². The van der Waals surface area contributed by atoms with Crippen LogP contribution in [-0.2, 0) is 4.79 Å². The van der Waals surface area contributed by atoms with E-state index in [1.165, 1.54) is 18.2 Å². The van der Waals surface area contributed by atoms with Crippen molar-refractivity contribution in [1.29, 1.82) is 0 Å². The van der Waals surface area contributed by atoms with Gasteiger partial charge in [0.05, 0.1) is 5.25 Å². The minimum Gasteiger partial charge on any atom is -0.342 e. The molecule has 25 heavy (non-hydrogen) atoms. The number of rotatable bonds is 4. The molecule has 9 heteroatoms. The molecule has 3 aromatic rings. The number of nitrogens with zero attached hydrogens (tertiary/aromatic N) is 6. The second kappa shape index (κ2) is 6.83. The van der Waals surface area contributed by atoms with Crippen molar-refractivity contribution in [2.75, 3.05) is 13.1 Å². The number of hydrogen-bond donors (Lipinski definition) is 1. The SMILES string of the molecule is C[C@@H](Sc1ccc2nnc(-c3ccn[nH]3)n2n1)C(=O)N1CCCCC1. The summed E-state index contributed by atoms with van der Waals surface area (Å²) in [6, 6.07) is 5.56. The maximum atomic E-state index is 12.6. The molecular formula is C16H19N7OS. The third kappa shape index (κ3) is 3.23. The van der Waals surface area contributed by atoms with Gasteiger partial charge in [-0.1, -0.05) is 11.8 Å². The van der Waals surface area contributed by atoms with Crippen LogP contribution in [-0.4, -0.2) is 59.2 Å². The fourth-order valence-corrected chi connectivity index (χ4v) is 3.87. The third-order valence-electron chi connectivity index (χ3n) is 4.29. The molecule has 8 nitrogen and oxygen atoms in total. The first-order valence-corrected chi connectivity index (χ1v) is 9.28. The van der Waals surface area contributed by atoms with E-state index in [2.05, 4.69) is 25.5 Å². The zero-order chi connectivity index (χ0) is 17.2. The van der Waals surface area contributed by atoms with Crippen LogP contribution in [0.15, 0.2) is 29.4 Å². The van der Waals surface area contributed by atoms with Crippen molar-refractivity contribution in [3.05, 3.63) is 24.4 Å². The van der Waals surface area contributed by atoms with Crippen LogP contribution in [0.25, 0.3) is 17.2 Å². The molecule has 0 saturated carbocycles. The average Bonchev–Trinajstić information content (AvgIpc) is 3.30. The van der Waals surface area contributed by atoms with E-state index in [0.717, 1.165) is 36.7 Å². The molecule has 0 aliphatic carbocycles. The first kappa shape index (κ1) is 16.1. The van der Waals surface area contributed by atoms with Gasteiger partial charge < -0.3 is 4.90 Å². The number of aromatic nitrogens is 6. The normalized spacial score (nSPS) is 16.3. The molecule has 1 aliphatic heterocycles. The zero-order valence-electron chi connectivity index (χ0n) is 13.9. The number of fused-ring (bicyclic) bond motifs is 1. The monoisotopic (exact) mass is 357 g/mol. The quantitative estimate of drug-likeness (QED) is 0.718. The molecule has 1 fully saturated rings. The standard InChI is InChI=1S/C16H19N7OS/c1-11(16(24)22-9-3-2-4-10-22)25-14-6-5-13-19-20-15(23(13)21-14)12-7-8-17-18-12/h5-8,11H,2-4,9-10H2,1H3,(H,17,18)/t11-/m1/s1. The summed E-state index contributed by atoms with van der Waals surface area (Å²) < 4.78 is 1.67. The van der Waals surface area contributed by atoms with Gasteiger partial charge in [0, 0.05) is 19.3 Å². The topological polar surface area (TPSA) is 92.1 Å². The van der Waals surface area contributed by atoms with Crippen LogP contribution in [0.5, 0.6) is 0 Å². The van der Waals surface area contributed by atoms with Gasteiger partial charge in [-0.05, 0) is 44.4 Å². The highest BCUT2D eigenvalue weighted by atomic mass is 32.2. The Hall–Kier alpha value is -2.42. The van der Waals surface area contributed by atoms with E-state index in [9.17, 15) is 4.79 Å². The molecule has 0 spiro atoms. The smallest absolute Gasteiger partial charge is 0.235 e. The molecule has 0 aromatic carbocycles. The van der Waals surface area contributed by atoms with Gasteiger partial charge in [-0.25, -0.2) is 0 Å². The number of nitrogens with one attached hydrogen (secondary N) is 1. The molecule has 0 unspecified atom stereocenters. The van der Waals surface area contributed by atoms with Crippen molar-refractivity contribution in [2.45, 2.75) is 36.5 Å². The van der Waals surface area contributed by atoms with Gasteiger partial charge in [0.25, 0.3) is 0 Å². The maximum absolute atomic E-state index is 12.6. The van der Waals surface area contributed by atoms with Crippen molar-refractivity contribution in [2.24, 2.45) is 0 Å². The average molecular weight is 357 g/mol. The van der Waals surface area contributed by atoms with Crippen LogP contribution in [0.3, 0.4) is 0 Å². The Morgan fingerprint density at radius 2 is 2.04 bits per heavy atom. The number of likely N-dealkylation sites (tertiary alicyclic amines) is 1. The molecule has 1 aliphatic rings.